The molecule has 2 bridgehead atoms. The summed E-state index contributed by atoms with van der Waals surface area (Å²) in [4.78, 5) is 2.42. The van der Waals surface area contributed by atoms with Crippen molar-refractivity contribution in [3.05, 3.63) is 35.4 Å². The zero-order chi connectivity index (χ0) is 10.9. The first kappa shape index (κ1) is 11.1. The highest BCUT2D eigenvalue weighted by atomic mass is 35.5. The largest absolute Gasteiger partial charge is 1.00 e. The van der Waals surface area contributed by atoms with E-state index in [9.17, 15) is 0 Å². The molecule has 0 N–H and O–H groups in total. The minimum absolute atomic E-state index is 0. The third-order valence-corrected chi connectivity index (χ3v) is 4.78. The van der Waals surface area contributed by atoms with Crippen molar-refractivity contribution in [2.75, 3.05) is 14.1 Å². The van der Waals surface area contributed by atoms with Gasteiger partial charge in [0.2, 0.25) is 6.34 Å². The molecule has 0 amide bonds. The molecule has 1 fully saturated rings. The van der Waals surface area contributed by atoms with E-state index in [1.807, 2.05) is 0 Å². The van der Waals surface area contributed by atoms with E-state index in [1.165, 1.54) is 6.42 Å². The predicted molar refractivity (Wildman–Crippen MR) is 64.1 cm³/mol. The SMILES string of the molecule is CN1C=[N+](C)[C@@H]2[C@H]1[C@H]1C[C@@H]2c2ccccc21.[Cl-]. The molecule has 0 saturated heterocycles. The molecule has 0 radical (unpaired) electrons. The van der Waals surface area contributed by atoms with Crippen LogP contribution in [0.5, 0.6) is 0 Å². The van der Waals surface area contributed by atoms with Crippen LogP contribution in [0.15, 0.2) is 24.3 Å². The molecule has 1 aliphatic heterocycles. The van der Waals surface area contributed by atoms with Crippen molar-refractivity contribution in [3.63, 3.8) is 0 Å². The number of fused-ring (bicyclic) bond motifs is 8. The molecule has 1 heterocycles. The number of hydrogen-bond donors (Lipinski definition) is 0. The lowest BCUT2D eigenvalue weighted by molar-refractivity contribution is -0.528. The first-order valence-corrected chi connectivity index (χ1v) is 6.15. The number of halogens is 1. The number of hydrogen-bond acceptors (Lipinski definition) is 1. The Labute approximate surface area is 108 Å². The molecule has 1 aromatic rings. The maximum absolute atomic E-state index is 2.42. The Morgan fingerprint density at radius 2 is 1.82 bits per heavy atom. The van der Waals surface area contributed by atoms with Crippen LogP contribution in [0.1, 0.15) is 29.4 Å². The van der Waals surface area contributed by atoms with Gasteiger partial charge in [0.15, 0.2) is 0 Å². The van der Waals surface area contributed by atoms with E-state index in [4.69, 9.17) is 0 Å². The molecule has 1 saturated carbocycles. The van der Waals surface area contributed by atoms with Gasteiger partial charge in [0.05, 0.1) is 14.1 Å². The minimum atomic E-state index is 0. The van der Waals surface area contributed by atoms with Gasteiger partial charge >= 0.3 is 0 Å². The van der Waals surface area contributed by atoms with Crippen LogP contribution in [0.3, 0.4) is 0 Å². The summed E-state index contributed by atoms with van der Waals surface area (Å²) in [7, 11) is 4.45. The van der Waals surface area contributed by atoms with E-state index in [2.05, 4.69) is 54.2 Å². The topological polar surface area (TPSA) is 6.25 Å². The molecular formula is C14H17ClN2. The molecule has 4 rings (SSSR count). The highest BCUT2D eigenvalue weighted by Gasteiger charge is 2.59. The molecule has 4 atom stereocenters. The van der Waals surface area contributed by atoms with Gasteiger partial charge in [-0.1, -0.05) is 24.3 Å². The van der Waals surface area contributed by atoms with Gasteiger partial charge in [-0.15, -0.1) is 0 Å². The first-order chi connectivity index (χ1) is 7.77. The van der Waals surface area contributed by atoms with Gasteiger partial charge in [-0.05, 0) is 17.5 Å². The predicted octanol–water partition coefficient (Wildman–Crippen LogP) is -1.37. The van der Waals surface area contributed by atoms with Crippen LogP contribution in [0.2, 0.25) is 0 Å². The average Bonchev–Trinajstić information content (AvgIpc) is 2.91. The van der Waals surface area contributed by atoms with Crippen LogP contribution in [-0.4, -0.2) is 42.0 Å². The van der Waals surface area contributed by atoms with Crippen molar-refractivity contribution in [2.45, 2.75) is 30.3 Å². The maximum Gasteiger partial charge on any atom is 0.234 e. The quantitative estimate of drug-likeness (QED) is 0.514. The van der Waals surface area contributed by atoms with Crippen LogP contribution < -0.4 is 12.4 Å². The summed E-state index contributed by atoms with van der Waals surface area (Å²) in [5.74, 6) is 1.52. The Kier molecular flexibility index (Phi) is 2.27. The summed E-state index contributed by atoms with van der Waals surface area (Å²) >= 11 is 0. The van der Waals surface area contributed by atoms with Crippen molar-refractivity contribution < 1.29 is 17.0 Å². The van der Waals surface area contributed by atoms with Gasteiger partial charge in [-0.2, -0.15) is 0 Å². The van der Waals surface area contributed by atoms with Gasteiger partial charge in [0.25, 0.3) is 0 Å². The fraction of sp³-hybridized carbons (Fsp3) is 0.500. The van der Waals surface area contributed by atoms with Crippen molar-refractivity contribution in [1.29, 1.82) is 0 Å². The fourth-order valence-electron chi connectivity index (χ4n) is 4.33. The van der Waals surface area contributed by atoms with Crippen LogP contribution >= 0.6 is 0 Å². The summed E-state index contributed by atoms with van der Waals surface area (Å²) < 4.78 is 2.42. The number of rotatable bonds is 0. The Balaban J connectivity index is 0.000000902. The van der Waals surface area contributed by atoms with Gasteiger partial charge in [0, 0.05) is 11.8 Å². The summed E-state index contributed by atoms with van der Waals surface area (Å²) in [6.45, 7) is 0. The molecule has 0 unspecified atom stereocenters. The van der Waals surface area contributed by atoms with Crippen LogP contribution in [0.4, 0.5) is 0 Å². The Bertz CT molecular complexity index is 497. The number of likely N-dealkylation sites (N-methyl/N-ethyl adjacent to an activating group) is 2. The molecule has 3 aliphatic rings. The number of nitrogens with zero attached hydrogens (tertiary/aromatic N) is 2. The third kappa shape index (κ3) is 1.19. The number of benzene rings is 1. The van der Waals surface area contributed by atoms with Crippen molar-refractivity contribution in [2.24, 2.45) is 0 Å². The van der Waals surface area contributed by atoms with Crippen LogP contribution in [-0.2, 0) is 0 Å². The summed E-state index contributed by atoms with van der Waals surface area (Å²) in [5.41, 5.74) is 3.23. The molecule has 0 spiro atoms. The van der Waals surface area contributed by atoms with E-state index >= 15 is 0 Å². The molecule has 90 valence electrons. The van der Waals surface area contributed by atoms with Gasteiger partial charge in [-0.3, -0.25) is 9.48 Å². The second-order valence-corrected chi connectivity index (χ2v) is 5.51. The molecule has 3 heteroatoms. The van der Waals surface area contributed by atoms with Crippen molar-refractivity contribution in [1.82, 2.24) is 4.90 Å². The molecule has 2 aliphatic carbocycles. The monoisotopic (exact) mass is 248 g/mol. The summed E-state index contributed by atoms with van der Waals surface area (Å²) in [6.07, 6.45) is 3.64. The van der Waals surface area contributed by atoms with E-state index in [0.717, 1.165) is 11.8 Å². The molecule has 2 nitrogen and oxygen atoms in total. The van der Waals surface area contributed by atoms with Crippen LogP contribution in [0, 0.1) is 0 Å². The summed E-state index contributed by atoms with van der Waals surface area (Å²) in [6, 6.07) is 10.5. The Morgan fingerprint density at radius 3 is 2.53 bits per heavy atom. The van der Waals surface area contributed by atoms with Gasteiger partial charge < -0.3 is 12.4 Å². The smallest absolute Gasteiger partial charge is 0.234 e. The van der Waals surface area contributed by atoms with E-state index in [0.29, 0.717) is 12.1 Å². The van der Waals surface area contributed by atoms with Crippen LogP contribution in [0.25, 0.3) is 0 Å². The zero-order valence-electron chi connectivity index (χ0n) is 10.2. The van der Waals surface area contributed by atoms with E-state index in [1.54, 1.807) is 11.1 Å². The average molecular weight is 249 g/mol. The molecule has 1 aromatic carbocycles. The lowest BCUT2D eigenvalue weighted by Crippen LogP contribution is -3.00. The van der Waals surface area contributed by atoms with Crippen molar-refractivity contribution >= 4 is 6.34 Å². The molecular weight excluding hydrogens is 232 g/mol. The molecule has 17 heavy (non-hydrogen) atoms. The van der Waals surface area contributed by atoms with E-state index in [-0.39, 0.29) is 12.4 Å². The first-order valence-electron chi connectivity index (χ1n) is 6.15. The lowest BCUT2D eigenvalue weighted by Gasteiger charge is -2.26. The second kappa shape index (κ2) is 3.49. The zero-order valence-corrected chi connectivity index (χ0v) is 10.9. The highest BCUT2D eigenvalue weighted by molar-refractivity contribution is 5.56. The maximum atomic E-state index is 2.42. The van der Waals surface area contributed by atoms with Gasteiger partial charge in [0.1, 0.15) is 12.1 Å². The van der Waals surface area contributed by atoms with E-state index < -0.39 is 0 Å². The highest BCUT2D eigenvalue weighted by Crippen LogP contribution is 2.56. The second-order valence-electron chi connectivity index (χ2n) is 5.51. The fourth-order valence-corrected chi connectivity index (χ4v) is 4.33. The normalized spacial score (nSPS) is 36.4. The van der Waals surface area contributed by atoms with Crippen molar-refractivity contribution in [3.8, 4) is 0 Å². The third-order valence-electron chi connectivity index (χ3n) is 4.78. The Morgan fingerprint density at radius 1 is 1.18 bits per heavy atom. The summed E-state index contributed by atoms with van der Waals surface area (Å²) in [5, 5.41) is 0. The lowest BCUT2D eigenvalue weighted by atomic mass is 9.85. The molecule has 0 aromatic heterocycles. The standard InChI is InChI=1S/C14H17N2.ClH/c1-15-8-16(2)14-12-7-11(13(14)15)9-5-3-4-6-10(9)12;/h3-6,8,11-14H,7H2,1-2H3;1H/q+1;/p-1/t11-,12+,13+,14-;. The van der Waals surface area contributed by atoms with Gasteiger partial charge in [-0.25, -0.2) is 0 Å². The Hall–Kier alpha value is -1.02. The minimum Gasteiger partial charge on any atom is -1.00 e.